The molecule has 1 aliphatic carbocycles. The lowest BCUT2D eigenvalue weighted by Gasteiger charge is -2.39. The van der Waals surface area contributed by atoms with E-state index in [9.17, 15) is 14.7 Å². The van der Waals surface area contributed by atoms with Gasteiger partial charge in [0, 0.05) is 5.92 Å². The van der Waals surface area contributed by atoms with Crippen molar-refractivity contribution in [2.75, 3.05) is 18.1 Å². The first-order valence-electron chi connectivity index (χ1n) is 10.4. The van der Waals surface area contributed by atoms with Crippen LogP contribution >= 0.6 is 11.8 Å². The molecule has 0 aromatic heterocycles. The summed E-state index contributed by atoms with van der Waals surface area (Å²) in [7, 11) is 0. The molecule has 2 aliphatic rings. The largest absolute Gasteiger partial charge is 0.481 e. The second-order valence-corrected chi connectivity index (χ2v) is 9.50. The van der Waals surface area contributed by atoms with Crippen LogP contribution in [-0.2, 0) is 9.53 Å². The Hall–Kier alpha value is -2.47. The fraction of sp³-hybridized carbons (Fsp3) is 0.417. The van der Waals surface area contributed by atoms with Crippen molar-refractivity contribution in [1.82, 2.24) is 5.32 Å². The number of aliphatic carboxylic acids is 1. The standard InChI is InChI=1S/C24H27NO4S/c1-24(13-22(26)27,16-7-6-12-30-15-16)25-23(28)29-14-21-19-10-4-2-8-17(19)18-9-3-5-11-20(18)21/h2-5,8-11,16,21H,6-7,12-15H2,1H3,(H,25,28)(H,26,27). The topological polar surface area (TPSA) is 75.6 Å². The van der Waals surface area contributed by atoms with Crippen molar-refractivity contribution >= 4 is 23.8 Å². The van der Waals surface area contributed by atoms with E-state index in [1.165, 1.54) is 11.1 Å². The van der Waals surface area contributed by atoms with E-state index in [-0.39, 0.29) is 24.9 Å². The summed E-state index contributed by atoms with van der Waals surface area (Å²) in [6, 6.07) is 16.4. The van der Waals surface area contributed by atoms with E-state index in [1.807, 2.05) is 43.0 Å². The van der Waals surface area contributed by atoms with Gasteiger partial charge in [0.15, 0.2) is 0 Å². The van der Waals surface area contributed by atoms with Crippen LogP contribution in [0.25, 0.3) is 11.1 Å². The summed E-state index contributed by atoms with van der Waals surface area (Å²) in [5.41, 5.74) is 3.85. The summed E-state index contributed by atoms with van der Waals surface area (Å²) in [6.45, 7) is 2.06. The van der Waals surface area contributed by atoms with Crippen molar-refractivity contribution in [3.05, 3.63) is 59.7 Å². The highest BCUT2D eigenvalue weighted by Gasteiger charge is 2.39. The Morgan fingerprint density at radius 1 is 1.13 bits per heavy atom. The second kappa shape index (κ2) is 8.72. The highest BCUT2D eigenvalue weighted by molar-refractivity contribution is 7.99. The lowest BCUT2D eigenvalue weighted by atomic mass is 9.81. The van der Waals surface area contributed by atoms with Gasteiger partial charge < -0.3 is 15.2 Å². The van der Waals surface area contributed by atoms with E-state index in [4.69, 9.17) is 4.74 Å². The van der Waals surface area contributed by atoms with Gasteiger partial charge in [-0.2, -0.15) is 11.8 Å². The molecule has 0 spiro atoms. The Bertz CT molecular complexity index is 895. The molecule has 4 rings (SSSR count). The van der Waals surface area contributed by atoms with Crippen LogP contribution in [0, 0.1) is 5.92 Å². The number of carboxylic acids is 1. The Morgan fingerprint density at radius 3 is 2.33 bits per heavy atom. The van der Waals surface area contributed by atoms with Gasteiger partial charge in [-0.3, -0.25) is 4.79 Å². The lowest BCUT2D eigenvalue weighted by Crippen LogP contribution is -2.54. The molecule has 1 aliphatic heterocycles. The van der Waals surface area contributed by atoms with Crippen molar-refractivity contribution in [1.29, 1.82) is 0 Å². The van der Waals surface area contributed by atoms with E-state index in [2.05, 4.69) is 29.6 Å². The molecule has 0 radical (unpaired) electrons. The fourth-order valence-corrected chi connectivity index (χ4v) is 6.07. The normalized spacial score (nSPS) is 20.0. The van der Waals surface area contributed by atoms with E-state index < -0.39 is 17.6 Å². The summed E-state index contributed by atoms with van der Waals surface area (Å²) in [5.74, 6) is 1.14. The van der Waals surface area contributed by atoms with Gasteiger partial charge in [0.05, 0.1) is 12.0 Å². The fourth-order valence-electron chi connectivity index (χ4n) is 4.72. The summed E-state index contributed by atoms with van der Waals surface area (Å²) in [5, 5.41) is 12.3. The third-order valence-corrected chi connectivity index (χ3v) is 7.53. The van der Waals surface area contributed by atoms with Gasteiger partial charge in [-0.15, -0.1) is 0 Å². The first kappa shape index (κ1) is 20.8. The minimum atomic E-state index is -0.910. The van der Waals surface area contributed by atoms with Crippen molar-refractivity contribution in [3.63, 3.8) is 0 Å². The molecule has 5 nitrogen and oxygen atoms in total. The van der Waals surface area contributed by atoms with Crippen LogP contribution < -0.4 is 5.32 Å². The Labute approximate surface area is 181 Å². The van der Waals surface area contributed by atoms with Gasteiger partial charge in [0.1, 0.15) is 6.61 Å². The predicted molar refractivity (Wildman–Crippen MR) is 119 cm³/mol. The first-order valence-corrected chi connectivity index (χ1v) is 11.6. The van der Waals surface area contributed by atoms with Gasteiger partial charge in [0.25, 0.3) is 0 Å². The number of hydrogen-bond donors (Lipinski definition) is 2. The van der Waals surface area contributed by atoms with Crippen LogP contribution in [0.2, 0.25) is 0 Å². The minimum Gasteiger partial charge on any atom is -0.481 e. The first-order chi connectivity index (χ1) is 14.5. The summed E-state index contributed by atoms with van der Waals surface area (Å²) < 4.78 is 5.66. The molecular weight excluding hydrogens is 398 g/mol. The highest BCUT2D eigenvalue weighted by Crippen LogP contribution is 2.44. The van der Waals surface area contributed by atoms with Crippen molar-refractivity contribution < 1.29 is 19.4 Å². The molecule has 2 atom stereocenters. The zero-order valence-corrected chi connectivity index (χ0v) is 17.9. The number of ether oxygens (including phenoxy) is 1. The maximum absolute atomic E-state index is 12.7. The van der Waals surface area contributed by atoms with Gasteiger partial charge in [-0.05, 0) is 59.4 Å². The molecule has 2 unspecified atom stereocenters. The molecule has 1 saturated heterocycles. The number of fused-ring (bicyclic) bond motifs is 3. The molecule has 2 N–H and O–H groups in total. The van der Waals surface area contributed by atoms with Crippen molar-refractivity contribution in [2.24, 2.45) is 5.92 Å². The van der Waals surface area contributed by atoms with Crippen LogP contribution in [0.3, 0.4) is 0 Å². The molecule has 1 fully saturated rings. The monoisotopic (exact) mass is 425 g/mol. The maximum Gasteiger partial charge on any atom is 0.407 e. The number of benzene rings is 2. The van der Waals surface area contributed by atoms with Crippen LogP contribution in [0.5, 0.6) is 0 Å². The molecule has 2 aromatic rings. The third kappa shape index (κ3) is 4.19. The zero-order chi connectivity index (χ0) is 21.1. The average Bonchev–Trinajstić information content (AvgIpc) is 3.06. The van der Waals surface area contributed by atoms with Crippen molar-refractivity contribution in [3.8, 4) is 11.1 Å². The molecule has 1 heterocycles. The number of nitrogens with one attached hydrogen (secondary N) is 1. The van der Waals surface area contributed by atoms with E-state index in [0.717, 1.165) is 35.5 Å². The number of amides is 1. The van der Waals surface area contributed by atoms with Crippen LogP contribution in [0.15, 0.2) is 48.5 Å². The van der Waals surface area contributed by atoms with Gasteiger partial charge in [-0.25, -0.2) is 4.79 Å². The lowest BCUT2D eigenvalue weighted by molar-refractivity contribution is -0.139. The number of hydrogen-bond acceptors (Lipinski definition) is 4. The summed E-state index contributed by atoms with van der Waals surface area (Å²) in [6.07, 6.45) is 1.30. The number of thioether (sulfide) groups is 1. The number of carbonyl (C=O) groups is 2. The van der Waals surface area contributed by atoms with E-state index >= 15 is 0 Å². The third-order valence-electron chi connectivity index (χ3n) is 6.31. The molecular formula is C24H27NO4S. The summed E-state index contributed by atoms with van der Waals surface area (Å²) in [4.78, 5) is 24.2. The van der Waals surface area contributed by atoms with Gasteiger partial charge >= 0.3 is 12.1 Å². The molecule has 0 bridgehead atoms. The molecule has 0 saturated carbocycles. The maximum atomic E-state index is 12.7. The quantitative estimate of drug-likeness (QED) is 0.688. The number of carboxylic acid groups (broad SMARTS) is 1. The predicted octanol–water partition coefficient (Wildman–Crippen LogP) is 4.90. The zero-order valence-electron chi connectivity index (χ0n) is 17.1. The number of alkyl carbamates (subject to hydrolysis) is 1. The molecule has 2 aromatic carbocycles. The van der Waals surface area contributed by atoms with E-state index in [1.54, 1.807) is 0 Å². The molecule has 30 heavy (non-hydrogen) atoms. The molecule has 158 valence electrons. The Morgan fingerprint density at radius 2 is 1.77 bits per heavy atom. The minimum absolute atomic E-state index is 0.0147. The van der Waals surface area contributed by atoms with Crippen LogP contribution in [0.1, 0.15) is 43.2 Å². The van der Waals surface area contributed by atoms with Gasteiger partial charge in [-0.1, -0.05) is 48.5 Å². The Kier molecular flexibility index (Phi) is 6.04. The number of rotatable bonds is 6. The Balaban J connectivity index is 1.47. The highest BCUT2D eigenvalue weighted by atomic mass is 32.2. The van der Waals surface area contributed by atoms with E-state index in [0.29, 0.717) is 0 Å². The summed E-state index contributed by atoms with van der Waals surface area (Å²) >= 11 is 1.82. The number of carbonyl (C=O) groups excluding carboxylic acids is 1. The van der Waals surface area contributed by atoms with Crippen molar-refractivity contribution in [2.45, 2.75) is 37.6 Å². The SMILES string of the molecule is CC(CC(=O)O)(NC(=O)OCC1c2ccccc2-c2ccccc21)C1CCCSC1. The van der Waals surface area contributed by atoms with Crippen LogP contribution in [0.4, 0.5) is 4.79 Å². The van der Waals surface area contributed by atoms with Gasteiger partial charge in [0.2, 0.25) is 0 Å². The molecule has 6 heteroatoms. The average molecular weight is 426 g/mol. The second-order valence-electron chi connectivity index (χ2n) is 8.35. The molecule has 1 amide bonds. The smallest absolute Gasteiger partial charge is 0.407 e. The van der Waals surface area contributed by atoms with Crippen LogP contribution in [-0.4, -0.2) is 40.8 Å².